The second kappa shape index (κ2) is 9.57. The van der Waals surface area contributed by atoms with Crippen LogP contribution >= 0.6 is 11.6 Å². The maximum atomic E-state index is 12.9. The number of hydrogen-bond acceptors (Lipinski definition) is 6. The highest BCUT2D eigenvalue weighted by Crippen LogP contribution is 2.38. The molecule has 0 saturated carbocycles. The molecular weight excluding hydrogens is 450 g/mol. The van der Waals surface area contributed by atoms with Crippen molar-refractivity contribution in [3.8, 4) is 11.8 Å². The lowest BCUT2D eigenvalue weighted by molar-refractivity contribution is 0.255. The Morgan fingerprint density at radius 3 is 2.71 bits per heavy atom. The average molecular weight is 478 g/mol. The Labute approximate surface area is 204 Å². The Bertz CT molecular complexity index is 1310. The summed E-state index contributed by atoms with van der Waals surface area (Å²) in [4.78, 5) is 23.0. The van der Waals surface area contributed by atoms with Gasteiger partial charge < -0.3 is 19.5 Å². The van der Waals surface area contributed by atoms with E-state index in [0.717, 1.165) is 85.8 Å². The summed E-state index contributed by atoms with van der Waals surface area (Å²) in [6.45, 7) is 7.72. The van der Waals surface area contributed by atoms with Gasteiger partial charge in [-0.05, 0) is 50.1 Å². The first-order valence-electron chi connectivity index (χ1n) is 11.8. The molecule has 2 aliphatic heterocycles. The van der Waals surface area contributed by atoms with Crippen molar-refractivity contribution in [1.29, 1.82) is 5.26 Å². The smallest absolute Gasteiger partial charge is 0.253 e. The topological polar surface area (TPSA) is 75.6 Å². The molecule has 0 bridgehead atoms. The minimum Gasteiger partial charge on any atom is -0.493 e. The largest absolute Gasteiger partial charge is 0.493 e. The number of H-pyrrole nitrogens is 1. The molecule has 1 saturated heterocycles. The maximum absolute atomic E-state index is 12.9. The number of anilines is 2. The first-order chi connectivity index (χ1) is 16.6. The summed E-state index contributed by atoms with van der Waals surface area (Å²) in [7, 11) is 0. The molecule has 7 nitrogen and oxygen atoms in total. The Hall–Kier alpha value is -3.21. The van der Waals surface area contributed by atoms with E-state index in [2.05, 4.69) is 25.8 Å². The van der Waals surface area contributed by atoms with Crippen LogP contribution in [0.25, 0.3) is 10.9 Å². The molecule has 0 unspecified atom stereocenters. The molecule has 3 heterocycles. The van der Waals surface area contributed by atoms with Crippen molar-refractivity contribution in [3.05, 3.63) is 62.9 Å². The number of benzene rings is 2. The molecule has 0 spiro atoms. The Morgan fingerprint density at radius 1 is 1.15 bits per heavy atom. The SMILES string of the molecule is CCOc1cccc2[nH]c(=O)c3c(c12)N(CN1CCN(c2ccc(C#N)cc2Cl)CC1)CCC3. The minimum atomic E-state index is 0.00104. The second-order valence-electron chi connectivity index (χ2n) is 8.78. The number of halogens is 1. The summed E-state index contributed by atoms with van der Waals surface area (Å²) in [6, 6.07) is 13.5. The van der Waals surface area contributed by atoms with Crippen LogP contribution in [0.4, 0.5) is 11.4 Å². The molecule has 1 fully saturated rings. The van der Waals surface area contributed by atoms with Gasteiger partial charge in [-0.2, -0.15) is 5.26 Å². The van der Waals surface area contributed by atoms with Crippen molar-refractivity contribution in [3.63, 3.8) is 0 Å². The molecular formula is C26H28ClN5O2. The van der Waals surface area contributed by atoms with Crippen molar-refractivity contribution < 1.29 is 4.74 Å². The molecule has 2 aromatic carbocycles. The molecule has 0 aliphatic carbocycles. The first-order valence-corrected chi connectivity index (χ1v) is 12.2. The molecule has 0 radical (unpaired) electrons. The number of hydrogen-bond donors (Lipinski definition) is 1. The van der Waals surface area contributed by atoms with Gasteiger partial charge in [-0.1, -0.05) is 17.7 Å². The predicted molar refractivity (Wildman–Crippen MR) is 136 cm³/mol. The van der Waals surface area contributed by atoms with Crippen LogP contribution in [0.2, 0.25) is 5.02 Å². The fourth-order valence-corrected chi connectivity index (χ4v) is 5.40. The molecule has 34 heavy (non-hydrogen) atoms. The van der Waals surface area contributed by atoms with E-state index in [1.54, 1.807) is 6.07 Å². The van der Waals surface area contributed by atoms with Crippen LogP contribution in [0.1, 0.15) is 24.5 Å². The van der Waals surface area contributed by atoms with Crippen LogP contribution in [0.3, 0.4) is 0 Å². The molecule has 0 amide bonds. The Balaban J connectivity index is 1.38. The lowest BCUT2D eigenvalue weighted by atomic mass is 9.99. The van der Waals surface area contributed by atoms with Crippen molar-refractivity contribution in [2.45, 2.75) is 19.8 Å². The van der Waals surface area contributed by atoms with E-state index in [-0.39, 0.29) is 5.56 Å². The van der Waals surface area contributed by atoms with Crippen LogP contribution in [0.5, 0.6) is 5.75 Å². The predicted octanol–water partition coefficient (Wildman–Crippen LogP) is 3.98. The van der Waals surface area contributed by atoms with Gasteiger partial charge in [0.1, 0.15) is 5.75 Å². The maximum Gasteiger partial charge on any atom is 0.253 e. The molecule has 1 N–H and O–H groups in total. The van der Waals surface area contributed by atoms with Gasteiger partial charge in [0.2, 0.25) is 0 Å². The number of ether oxygens (including phenoxy) is 1. The summed E-state index contributed by atoms with van der Waals surface area (Å²) in [5.74, 6) is 0.819. The zero-order valence-corrected chi connectivity index (χ0v) is 20.1. The van der Waals surface area contributed by atoms with Crippen molar-refractivity contribution in [2.75, 3.05) is 55.8 Å². The number of nitrogens with zero attached hydrogens (tertiary/aromatic N) is 4. The molecule has 8 heteroatoms. The van der Waals surface area contributed by atoms with E-state index >= 15 is 0 Å². The van der Waals surface area contributed by atoms with Gasteiger partial charge in [0.25, 0.3) is 5.56 Å². The van der Waals surface area contributed by atoms with Crippen LogP contribution in [0.15, 0.2) is 41.2 Å². The van der Waals surface area contributed by atoms with E-state index in [4.69, 9.17) is 21.6 Å². The number of aromatic amines is 1. The number of piperazine rings is 1. The van der Waals surface area contributed by atoms with Crippen molar-refractivity contribution in [1.82, 2.24) is 9.88 Å². The molecule has 2 aliphatic rings. The molecule has 5 rings (SSSR count). The lowest BCUT2D eigenvalue weighted by Crippen LogP contribution is -2.51. The van der Waals surface area contributed by atoms with Gasteiger partial charge in [0.05, 0.1) is 52.2 Å². The van der Waals surface area contributed by atoms with Gasteiger partial charge in [-0.3, -0.25) is 9.69 Å². The molecule has 0 atom stereocenters. The third kappa shape index (κ3) is 4.20. The lowest BCUT2D eigenvalue weighted by Gasteiger charge is -2.41. The fraction of sp³-hybridized carbons (Fsp3) is 0.385. The third-order valence-corrected chi connectivity index (χ3v) is 7.01. The van der Waals surface area contributed by atoms with E-state index in [0.29, 0.717) is 17.2 Å². The summed E-state index contributed by atoms with van der Waals surface area (Å²) in [6.07, 6.45) is 1.74. The zero-order chi connectivity index (χ0) is 23.7. The minimum absolute atomic E-state index is 0.00104. The second-order valence-corrected chi connectivity index (χ2v) is 9.19. The zero-order valence-electron chi connectivity index (χ0n) is 19.3. The summed E-state index contributed by atoms with van der Waals surface area (Å²) >= 11 is 6.44. The Kier molecular flexibility index (Phi) is 6.36. The monoisotopic (exact) mass is 477 g/mol. The highest BCUT2D eigenvalue weighted by atomic mass is 35.5. The Morgan fingerprint density at radius 2 is 1.97 bits per heavy atom. The van der Waals surface area contributed by atoms with Crippen LogP contribution in [-0.2, 0) is 6.42 Å². The van der Waals surface area contributed by atoms with E-state index < -0.39 is 0 Å². The van der Waals surface area contributed by atoms with Crippen LogP contribution < -0.4 is 20.1 Å². The first kappa shape index (κ1) is 22.6. The summed E-state index contributed by atoms with van der Waals surface area (Å²) in [5.41, 5.74) is 4.25. The average Bonchev–Trinajstić information content (AvgIpc) is 2.85. The van der Waals surface area contributed by atoms with Gasteiger partial charge in [-0.25, -0.2) is 0 Å². The summed E-state index contributed by atoms with van der Waals surface area (Å²) < 4.78 is 5.95. The number of rotatable bonds is 5. The fourth-order valence-electron chi connectivity index (χ4n) is 5.10. The quantitative estimate of drug-likeness (QED) is 0.599. The number of fused-ring (bicyclic) bond motifs is 3. The van der Waals surface area contributed by atoms with Gasteiger partial charge >= 0.3 is 0 Å². The highest BCUT2D eigenvalue weighted by molar-refractivity contribution is 6.33. The van der Waals surface area contributed by atoms with Gasteiger partial charge in [0.15, 0.2) is 0 Å². The molecule has 1 aromatic heterocycles. The van der Waals surface area contributed by atoms with Crippen molar-refractivity contribution >= 4 is 33.9 Å². The van der Waals surface area contributed by atoms with E-state index in [1.165, 1.54) is 0 Å². The van der Waals surface area contributed by atoms with E-state index in [9.17, 15) is 4.79 Å². The summed E-state index contributed by atoms with van der Waals surface area (Å²) in [5, 5.41) is 10.7. The van der Waals surface area contributed by atoms with Crippen LogP contribution in [-0.4, -0.2) is 55.9 Å². The highest BCUT2D eigenvalue weighted by Gasteiger charge is 2.27. The molecule has 3 aromatic rings. The van der Waals surface area contributed by atoms with Crippen LogP contribution in [0, 0.1) is 11.3 Å². The molecule has 176 valence electrons. The van der Waals surface area contributed by atoms with Gasteiger partial charge in [-0.15, -0.1) is 0 Å². The number of nitrogens with one attached hydrogen (secondary N) is 1. The third-order valence-electron chi connectivity index (χ3n) is 6.70. The number of nitriles is 1. The normalized spacial score (nSPS) is 16.4. The standard InChI is InChI=1S/C26H28ClN5O2/c1-2-34-23-7-3-6-21-24(23)25-19(26(33)29-21)5-4-10-32(25)17-30-11-13-31(14-12-30)22-9-8-18(16-28)15-20(22)27/h3,6-9,15H,2,4-5,10-14,17H2,1H3,(H,29,33). The van der Waals surface area contributed by atoms with Gasteiger partial charge in [0, 0.05) is 38.3 Å². The van der Waals surface area contributed by atoms with Crippen molar-refractivity contribution in [2.24, 2.45) is 0 Å². The van der Waals surface area contributed by atoms with E-state index in [1.807, 2.05) is 37.3 Å². The number of aromatic nitrogens is 1. The number of pyridine rings is 1.